The molecule has 0 N–H and O–H groups in total. The predicted molar refractivity (Wildman–Crippen MR) is 97.8 cm³/mol. The zero-order valence-electron chi connectivity index (χ0n) is 11.8. The molecular weight excluding hydrogens is 446 g/mol. The molecule has 0 spiro atoms. The fourth-order valence-corrected chi connectivity index (χ4v) is 4.15. The molecule has 0 radical (unpaired) electrons. The van der Waals surface area contributed by atoms with Gasteiger partial charge in [0.1, 0.15) is 0 Å². The second-order valence-corrected chi connectivity index (χ2v) is 7.29. The Morgan fingerprint density at radius 2 is 0.722 bits per heavy atom. The van der Waals surface area contributed by atoms with Gasteiger partial charge in [0.05, 0.1) is 0 Å². The third-order valence-corrected chi connectivity index (χ3v) is 8.02. The van der Waals surface area contributed by atoms with Gasteiger partial charge in [-0.3, -0.25) is 0 Å². The van der Waals surface area contributed by atoms with E-state index in [2.05, 4.69) is 86.7 Å². The lowest BCUT2D eigenvalue weighted by molar-refractivity contribution is 1.23. The highest BCUT2D eigenvalue weighted by atomic mass is 127. The Bertz CT molecular complexity index is 554. The first kappa shape index (κ1) is 14.6. The van der Waals surface area contributed by atoms with Gasteiger partial charge in [-0.1, -0.05) is 0 Å². The number of hydrogen-bond donors (Lipinski definition) is 0. The van der Waals surface area contributed by atoms with E-state index in [9.17, 15) is 0 Å². The van der Waals surface area contributed by atoms with Crippen molar-refractivity contribution in [2.24, 2.45) is 0 Å². The molecule has 0 atom stereocenters. The monoisotopic (exact) mass is 464 g/mol. The quantitative estimate of drug-likeness (QED) is 0.426. The number of rotatable bonds is 0. The second-order valence-electron chi connectivity index (χ2n) is 5.13. The first-order chi connectivity index (χ1) is 8.29. The van der Waals surface area contributed by atoms with Gasteiger partial charge in [-0.2, -0.15) is 0 Å². The van der Waals surface area contributed by atoms with Crippen LogP contribution >= 0.6 is 45.2 Å². The van der Waals surface area contributed by atoms with Crippen LogP contribution in [0.4, 0.5) is 0 Å². The molecule has 0 aromatic heterocycles. The summed E-state index contributed by atoms with van der Waals surface area (Å²) in [5, 5.41) is 2.94. The van der Waals surface area contributed by atoms with Gasteiger partial charge in [0.25, 0.3) is 0 Å². The largest absolute Gasteiger partial charge is 0.0444 e. The molecule has 0 nitrogen and oxygen atoms in total. The number of hydrogen-bond acceptors (Lipinski definition) is 0. The molecule has 2 heteroatoms. The van der Waals surface area contributed by atoms with Crippen LogP contribution in [0.1, 0.15) is 33.4 Å². The van der Waals surface area contributed by atoms with Crippen LogP contribution in [0.3, 0.4) is 0 Å². The van der Waals surface area contributed by atoms with E-state index < -0.39 is 0 Å². The van der Waals surface area contributed by atoms with E-state index in [1.54, 1.807) is 0 Å². The van der Waals surface area contributed by atoms with E-state index in [1.165, 1.54) is 51.3 Å². The van der Waals surface area contributed by atoms with Crippen LogP contribution in [0, 0.1) is 48.7 Å². The highest BCUT2D eigenvalue weighted by molar-refractivity contribution is 14.1. The normalized spacial score (nSPS) is 11.3. The van der Waals surface area contributed by atoms with E-state index in [0.717, 1.165) is 0 Å². The van der Waals surface area contributed by atoms with Crippen molar-refractivity contribution in [3.05, 3.63) is 40.5 Å². The van der Waals surface area contributed by atoms with Crippen molar-refractivity contribution in [1.29, 1.82) is 0 Å². The number of fused-ring (bicyclic) bond motifs is 1. The van der Waals surface area contributed by atoms with Crippen molar-refractivity contribution in [3.8, 4) is 0 Å². The van der Waals surface area contributed by atoms with Crippen LogP contribution < -0.4 is 0 Å². The smallest absolute Gasteiger partial charge is 0.0302 e. The fraction of sp³-hybridized carbons (Fsp3) is 0.375. The molecule has 18 heavy (non-hydrogen) atoms. The van der Waals surface area contributed by atoms with Crippen LogP contribution in [0.15, 0.2) is 0 Å². The Balaban J connectivity index is 3.22. The molecule has 2 rings (SSSR count). The van der Waals surface area contributed by atoms with E-state index in [-0.39, 0.29) is 0 Å². The average molecular weight is 464 g/mol. The maximum atomic E-state index is 2.48. The Hall–Kier alpha value is 0.160. The minimum Gasteiger partial charge on any atom is -0.0444 e. The summed E-state index contributed by atoms with van der Waals surface area (Å²) in [5.41, 5.74) is 8.65. The minimum atomic E-state index is 1.41. The summed E-state index contributed by atoms with van der Waals surface area (Å²) < 4.78 is 2.81. The van der Waals surface area contributed by atoms with E-state index >= 15 is 0 Å². The van der Waals surface area contributed by atoms with Gasteiger partial charge in [-0.25, -0.2) is 0 Å². The lowest BCUT2D eigenvalue weighted by atomic mass is 9.87. The molecule has 0 bridgehead atoms. The number of halogens is 2. The predicted octanol–water partition coefficient (Wildman–Crippen LogP) is 5.90. The molecule has 96 valence electrons. The molecule has 0 aliphatic rings. The summed E-state index contributed by atoms with van der Waals surface area (Å²) >= 11 is 4.97. The summed E-state index contributed by atoms with van der Waals surface area (Å²) in [6, 6.07) is 0. The van der Waals surface area contributed by atoms with Crippen LogP contribution in [0.25, 0.3) is 10.8 Å². The van der Waals surface area contributed by atoms with Gasteiger partial charge >= 0.3 is 0 Å². The van der Waals surface area contributed by atoms with Crippen molar-refractivity contribution in [3.63, 3.8) is 0 Å². The molecule has 0 saturated heterocycles. The highest BCUT2D eigenvalue weighted by Crippen LogP contribution is 2.38. The molecule has 2 aromatic carbocycles. The van der Waals surface area contributed by atoms with Crippen LogP contribution in [0.2, 0.25) is 0 Å². The van der Waals surface area contributed by atoms with Crippen LogP contribution in [0.5, 0.6) is 0 Å². The van der Waals surface area contributed by atoms with Gasteiger partial charge in [0.2, 0.25) is 0 Å². The van der Waals surface area contributed by atoms with Gasteiger partial charge < -0.3 is 0 Å². The van der Waals surface area contributed by atoms with Crippen molar-refractivity contribution in [1.82, 2.24) is 0 Å². The van der Waals surface area contributed by atoms with E-state index in [4.69, 9.17) is 0 Å². The molecule has 0 aliphatic heterocycles. The van der Waals surface area contributed by atoms with Crippen molar-refractivity contribution >= 4 is 56.0 Å². The summed E-state index contributed by atoms with van der Waals surface area (Å²) in [5.74, 6) is 0. The summed E-state index contributed by atoms with van der Waals surface area (Å²) in [7, 11) is 0. The molecule has 2 aromatic rings. The first-order valence-electron chi connectivity index (χ1n) is 6.13. The van der Waals surface area contributed by atoms with E-state index in [0.29, 0.717) is 0 Å². The molecule has 0 fully saturated rings. The van der Waals surface area contributed by atoms with Gasteiger partial charge in [0.15, 0.2) is 0 Å². The van der Waals surface area contributed by atoms with Gasteiger partial charge in [-0.05, 0) is 131 Å². The van der Waals surface area contributed by atoms with Crippen LogP contribution in [-0.2, 0) is 0 Å². The Kier molecular flexibility index (Phi) is 3.99. The van der Waals surface area contributed by atoms with Gasteiger partial charge in [0, 0.05) is 7.14 Å². The van der Waals surface area contributed by atoms with E-state index in [1.807, 2.05) is 0 Å². The summed E-state index contributed by atoms with van der Waals surface area (Å²) in [6.45, 7) is 13.5. The topological polar surface area (TPSA) is 0 Å². The fourth-order valence-electron chi connectivity index (χ4n) is 2.80. The standard InChI is InChI=1S/C16H18I2/c1-7-8(2)10(4)14-12(6)16(18)15(17)11(5)13(14)9(7)3/h1-6H3. The molecule has 0 aliphatic carbocycles. The number of aryl methyl sites for hydroxylation is 4. The highest BCUT2D eigenvalue weighted by Gasteiger charge is 2.17. The zero-order chi connectivity index (χ0) is 13.8. The minimum absolute atomic E-state index is 1.41. The molecule has 0 saturated carbocycles. The molecule has 0 heterocycles. The number of benzene rings is 2. The lowest BCUT2D eigenvalue weighted by Gasteiger charge is -2.20. The van der Waals surface area contributed by atoms with Crippen molar-refractivity contribution < 1.29 is 0 Å². The Morgan fingerprint density at radius 1 is 0.444 bits per heavy atom. The van der Waals surface area contributed by atoms with Crippen molar-refractivity contribution in [2.75, 3.05) is 0 Å². The maximum Gasteiger partial charge on any atom is 0.0302 e. The summed E-state index contributed by atoms with van der Waals surface area (Å²) in [6.07, 6.45) is 0. The average Bonchev–Trinajstić information content (AvgIpc) is 2.35. The van der Waals surface area contributed by atoms with Crippen LogP contribution in [-0.4, -0.2) is 0 Å². The zero-order valence-corrected chi connectivity index (χ0v) is 16.1. The van der Waals surface area contributed by atoms with Gasteiger partial charge in [-0.15, -0.1) is 0 Å². The van der Waals surface area contributed by atoms with Crippen molar-refractivity contribution in [2.45, 2.75) is 41.5 Å². The first-order valence-corrected chi connectivity index (χ1v) is 8.29. The third kappa shape index (κ3) is 1.90. The Morgan fingerprint density at radius 3 is 1.00 bits per heavy atom. The maximum absolute atomic E-state index is 2.48. The third-order valence-electron chi connectivity index (χ3n) is 4.29. The molecule has 0 amide bonds. The Labute approximate surface area is 137 Å². The lowest BCUT2D eigenvalue weighted by Crippen LogP contribution is -2.01. The summed E-state index contributed by atoms with van der Waals surface area (Å²) in [4.78, 5) is 0. The molecule has 0 unspecified atom stereocenters. The second kappa shape index (κ2) is 4.93. The SMILES string of the molecule is Cc1c(C)c(C)c2c(C)c(I)c(I)c(C)c2c1C. The molecular formula is C16H18I2.